The fourth-order valence-corrected chi connectivity index (χ4v) is 3.23. The van der Waals surface area contributed by atoms with Crippen LogP contribution in [0.25, 0.3) is 5.82 Å². The molecule has 1 fully saturated rings. The molecule has 0 saturated carbocycles. The monoisotopic (exact) mass is 406 g/mol. The highest BCUT2D eigenvalue weighted by atomic mass is 16.5. The number of ketones is 1. The van der Waals surface area contributed by atoms with Gasteiger partial charge in [0.2, 0.25) is 0 Å². The van der Waals surface area contributed by atoms with E-state index in [-0.39, 0.29) is 18.3 Å². The summed E-state index contributed by atoms with van der Waals surface area (Å²) < 4.78 is 7.36. The molecule has 0 aliphatic carbocycles. The molecular formula is C21H22N6O3. The van der Waals surface area contributed by atoms with E-state index < -0.39 is 0 Å². The summed E-state index contributed by atoms with van der Waals surface area (Å²) in [7, 11) is 0. The number of carbonyl (C=O) groups is 2. The Morgan fingerprint density at radius 1 is 0.967 bits per heavy atom. The van der Waals surface area contributed by atoms with Crippen molar-refractivity contribution in [3.05, 3.63) is 60.7 Å². The topological polar surface area (TPSA) is 93.5 Å². The summed E-state index contributed by atoms with van der Waals surface area (Å²) in [6.45, 7) is 4.03. The quantitative estimate of drug-likeness (QED) is 0.574. The van der Waals surface area contributed by atoms with Gasteiger partial charge in [-0.05, 0) is 43.3 Å². The van der Waals surface area contributed by atoms with Crippen molar-refractivity contribution in [1.82, 2.24) is 24.6 Å². The van der Waals surface area contributed by atoms with Crippen LogP contribution in [0.5, 0.6) is 5.75 Å². The average molecular weight is 406 g/mol. The first-order chi connectivity index (χ1) is 14.6. The first-order valence-corrected chi connectivity index (χ1v) is 9.69. The Morgan fingerprint density at radius 3 is 2.27 bits per heavy atom. The Bertz CT molecular complexity index is 994. The van der Waals surface area contributed by atoms with Crippen LogP contribution in [0.4, 0.5) is 5.82 Å². The Morgan fingerprint density at radius 2 is 1.67 bits per heavy atom. The van der Waals surface area contributed by atoms with Crippen LogP contribution >= 0.6 is 0 Å². The van der Waals surface area contributed by atoms with Crippen molar-refractivity contribution in [3.8, 4) is 11.6 Å². The number of benzene rings is 1. The maximum absolute atomic E-state index is 12.5. The van der Waals surface area contributed by atoms with Gasteiger partial charge < -0.3 is 14.5 Å². The number of rotatable bonds is 6. The number of nitrogens with zero attached hydrogens (tertiary/aromatic N) is 6. The van der Waals surface area contributed by atoms with Crippen molar-refractivity contribution >= 4 is 17.5 Å². The number of anilines is 1. The van der Waals surface area contributed by atoms with Gasteiger partial charge in [0.15, 0.2) is 24.0 Å². The van der Waals surface area contributed by atoms with Gasteiger partial charge in [0.1, 0.15) is 12.1 Å². The van der Waals surface area contributed by atoms with Crippen molar-refractivity contribution in [2.24, 2.45) is 0 Å². The van der Waals surface area contributed by atoms with E-state index in [2.05, 4.69) is 20.1 Å². The standard InChI is InChI=1S/C21H22N6O3/c1-16(28)17-2-4-18(5-3-17)30-14-21(29)26-12-10-25(11-13-26)19-6-7-20(24-23-19)27-9-8-22-15-27/h2-9,15H,10-14H2,1H3. The number of hydrogen-bond acceptors (Lipinski definition) is 7. The molecule has 0 bridgehead atoms. The molecule has 30 heavy (non-hydrogen) atoms. The number of amides is 1. The van der Waals surface area contributed by atoms with Gasteiger partial charge >= 0.3 is 0 Å². The second-order valence-corrected chi connectivity index (χ2v) is 6.96. The lowest BCUT2D eigenvalue weighted by atomic mass is 10.1. The molecule has 9 nitrogen and oxygen atoms in total. The van der Waals surface area contributed by atoms with E-state index in [1.807, 2.05) is 18.3 Å². The molecule has 1 aliphatic rings. The van der Waals surface area contributed by atoms with E-state index in [0.29, 0.717) is 43.3 Å². The molecule has 1 aliphatic heterocycles. The highest BCUT2D eigenvalue weighted by molar-refractivity contribution is 5.94. The van der Waals surface area contributed by atoms with Crippen LogP contribution in [0.3, 0.4) is 0 Å². The van der Waals surface area contributed by atoms with Crippen LogP contribution < -0.4 is 9.64 Å². The molecule has 0 unspecified atom stereocenters. The molecule has 1 saturated heterocycles. The predicted molar refractivity (Wildman–Crippen MR) is 110 cm³/mol. The maximum atomic E-state index is 12.5. The van der Waals surface area contributed by atoms with Crippen LogP contribution in [0.15, 0.2) is 55.1 Å². The van der Waals surface area contributed by atoms with Crippen molar-refractivity contribution in [1.29, 1.82) is 0 Å². The largest absolute Gasteiger partial charge is 0.484 e. The Balaban J connectivity index is 1.26. The van der Waals surface area contributed by atoms with Gasteiger partial charge in [-0.2, -0.15) is 0 Å². The fourth-order valence-electron chi connectivity index (χ4n) is 3.23. The second-order valence-electron chi connectivity index (χ2n) is 6.96. The predicted octanol–water partition coefficient (Wildman–Crippen LogP) is 1.59. The lowest BCUT2D eigenvalue weighted by Gasteiger charge is -2.35. The van der Waals surface area contributed by atoms with E-state index in [0.717, 1.165) is 5.82 Å². The minimum Gasteiger partial charge on any atom is -0.484 e. The second kappa shape index (κ2) is 8.73. The van der Waals surface area contributed by atoms with E-state index in [1.165, 1.54) is 6.92 Å². The lowest BCUT2D eigenvalue weighted by Crippen LogP contribution is -2.50. The van der Waals surface area contributed by atoms with E-state index in [1.54, 1.807) is 46.3 Å². The summed E-state index contributed by atoms with van der Waals surface area (Å²) in [6.07, 6.45) is 5.18. The molecule has 3 heterocycles. The minimum atomic E-state index is -0.0631. The highest BCUT2D eigenvalue weighted by Crippen LogP contribution is 2.15. The number of ether oxygens (including phenoxy) is 1. The molecule has 9 heteroatoms. The van der Waals surface area contributed by atoms with Crippen LogP contribution in [0.1, 0.15) is 17.3 Å². The van der Waals surface area contributed by atoms with E-state index in [9.17, 15) is 9.59 Å². The number of Topliss-reactive ketones (excluding diaryl/α,β-unsaturated/α-hetero) is 1. The van der Waals surface area contributed by atoms with Gasteiger partial charge in [-0.3, -0.25) is 14.2 Å². The molecule has 154 valence electrons. The summed E-state index contributed by atoms with van der Waals surface area (Å²) in [5.74, 6) is 2.00. The van der Waals surface area contributed by atoms with Crippen molar-refractivity contribution < 1.29 is 14.3 Å². The van der Waals surface area contributed by atoms with Gasteiger partial charge in [0, 0.05) is 44.1 Å². The smallest absolute Gasteiger partial charge is 0.260 e. The lowest BCUT2D eigenvalue weighted by molar-refractivity contribution is -0.133. The molecule has 1 amide bonds. The Labute approximate surface area is 173 Å². The molecule has 0 atom stereocenters. The summed E-state index contributed by atoms with van der Waals surface area (Å²) in [5, 5.41) is 8.54. The van der Waals surface area contributed by atoms with Crippen LogP contribution in [0.2, 0.25) is 0 Å². The zero-order chi connectivity index (χ0) is 20.9. The zero-order valence-electron chi connectivity index (χ0n) is 16.6. The van der Waals surface area contributed by atoms with Crippen LogP contribution in [-0.2, 0) is 4.79 Å². The van der Waals surface area contributed by atoms with Gasteiger partial charge in [-0.1, -0.05) is 0 Å². The van der Waals surface area contributed by atoms with Gasteiger partial charge in [0.05, 0.1) is 0 Å². The summed E-state index contributed by atoms with van der Waals surface area (Å²) in [6, 6.07) is 10.6. The molecule has 4 rings (SSSR count). The maximum Gasteiger partial charge on any atom is 0.260 e. The first kappa shape index (κ1) is 19.6. The normalized spacial score (nSPS) is 13.9. The third-order valence-electron chi connectivity index (χ3n) is 4.98. The molecule has 0 spiro atoms. The van der Waals surface area contributed by atoms with E-state index >= 15 is 0 Å². The van der Waals surface area contributed by atoms with Crippen molar-refractivity contribution in [3.63, 3.8) is 0 Å². The first-order valence-electron chi connectivity index (χ1n) is 9.69. The third-order valence-corrected chi connectivity index (χ3v) is 4.98. The molecule has 0 radical (unpaired) electrons. The summed E-state index contributed by atoms with van der Waals surface area (Å²) in [4.78, 5) is 31.7. The number of imidazole rings is 1. The summed E-state index contributed by atoms with van der Waals surface area (Å²) >= 11 is 0. The van der Waals surface area contributed by atoms with Crippen molar-refractivity contribution in [2.75, 3.05) is 37.7 Å². The third kappa shape index (κ3) is 4.45. The fraction of sp³-hybridized carbons (Fsp3) is 0.286. The van der Waals surface area contributed by atoms with Crippen LogP contribution in [0, 0.1) is 0 Å². The van der Waals surface area contributed by atoms with Crippen molar-refractivity contribution in [2.45, 2.75) is 6.92 Å². The van der Waals surface area contributed by atoms with Gasteiger partial charge in [-0.15, -0.1) is 10.2 Å². The molecule has 2 aromatic heterocycles. The molecular weight excluding hydrogens is 384 g/mol. The Kier molecular flexibility index (Phi) is 5.69. The van der Waals surface area contributed by atoms with Crippen LogP contribution in [-0.4, -0.2) is 69.1 Å². The summed E-state index contributed by atoms with van der Waals surface area (Å²) in [5.41, 5.74) is 0.617. The SMILES string of the molecule is CC(=O)c1ccc(OCC(=O)N2CCN(c3ccc(-n4ccnc4)nn3)CC2)cc1. The van der Waals surface area contributed by atoms with Gasteiger partial charge in [-0.25, -0.2) is 4.98 Å². The Hall–Kier alpha value is -3.75. The van der Waals surface area contributed by atoms with E-state index in [4.69, 9.17) is 4.74 Å². The number of carbonyl (C=O) groups excluding carboxylic acids is 2. The number of hydrogen-bond donors (Lipinski definition) is 0. The average Bonchev–Trinajstić information content (AvgIpc) is 3.33. The minimum absolute atomic E-state index is 0.00319. The van der Waals surface area contributed by atoms with Gasteiger partial charge in [0.25, 0.3) is 5.91 Å². The molecule has 3 aromatic rings. The zero-order valence-corrected chi connectivity index (χ0v) is 16.6. The highest BCUT2D eigenvalue weighted by Gasteiger charge is 2.22. The number of piperazine rings is 1. The number of aromatic nitrogens is 4. The molecule has 1 aromatic carbocycles. The molecule has 0 N–H and O–H groups in total.